The number of nitrogens with zero attached hydrogens (tertiary/aromatic N) is 2. The highest BCUT2D eigenvalue weighted by Crippen LogP contribution is 2.29. The van der Waals surface area contributed by atoms with Gasteiger partial charge in [0.1, 0.15) is 0 Å². The van der Waals surface area contributed by atoms with Gasteiger partial charge in [-0.2, -0.15) is 4.31 Å². The summed E-state index contributed by atoms with van der Waals surface area (Å²) >= 11 is 0. The van der Waals surface area contributed by atoms with Crippen molar-refractivity contribution in [1.82, 2.24) is 9.21 Å². The molecule has 1 aliphatic carbocycles. The van der Waals surface area contributed by atoms with E-state index < -0.39 is 10.0 Å². The van der Waals surface area contributed by atoms with Gasteiger partial charge in [-0.05, 0) is 31.9 Å². The van der Waals surface area contributed by atoms with Gasteiger partial charge in [-0.25, -0.2) is 8.42 Å². The molecule has 0 aromatic heterocycles. The molecule has 1 saturated heterocycles. The highest BCUT2D eigenvalue weighted by Gasteiger charge is 2.34. The van der Waals surface area contributed by atoms with E-state index in [1.165, 1.54) is 4.31 Å². The minimum atomic E-state index is -3.44. The van der Waals surface area contributed by atoms with Crippen LogP contribution in [0.2, 0.25) is 0 Å². The first kappa shape index (κ1) is 15.5. The van der Waals surface area contributed by atoms with E-state index in [9.17, 15) is 13.2 Å². The van der Waals surface area contributed by atoms with Gasteiger partial charge in [-0.3, -0.25) is 4.79 Å². The zero-order valence-corrected chi connectivity index (χ0v) is 13.7. The smallest absolute Gasteiger partial charge is 0.243 e. The second-order valence-electron chi connectivity index (χ2n) is 6.17. The van der Waals surface area contributed by atoms with E-state index >= 15 is 0 Å². The maximum atomic E-state index is 12.6. The van der Waals surface area contributed by atoms with Crippen molar-refractivity contribution in [3.63, 3.8) is 0 Å². The van der Waals surface area contributed by atoms with E-state index in [-0.39, 0.29) is 11.8 Å². The third-order valence-electron chi connectivity index (χ3n) is 4.66. The summed E-state index contributed by atoms with van der Waals surface area (Å²) in [4.78, 5) is 14.4. The van der Waals surface area contributed by atoms with Crippen LogP contribution in [0.15, 0.2) is 29.2 Å². The molecule has 2 fully saturated rings. The van der Waals surface area contributed by atoms with Gasteiger partial charge in [0, 0.05) is 32.1 Å². The maximum absolute atomic E-state index is 12.6. The van der Waals surface area contributed by atoms with Gasteiger partial charge < -0.3 is 4.90 Å². The Morgan fingerprint density at radius 2 is 1.64 bits per heavy atom. The lowest BCUT2D eigenvalue weighted by Crippen LogP contribution is -2.52. The normalized spacial score (nSPS) is 20.7. The number of hydrogen-bond donors (Lipinski definition) is 0. The summed E-state index contributed by atoms with van der Waals surface area (Å²) in [6.45, 7) is 3.70. The van der Waals surface area contributed by atoms with Crippen LogP contribution in [-0.4, -0.2) is 49.7 Å². The average molecular weight is 322 g/mol. The Morgan fingerprint density at radius 1 is 1.05 bits per heavy atom. The van der Waals surface area contributed by atoms with Gasteiger partial charge in [-0.1, -0.05) is 24.1 Å². The molecular weight excluding hydrogens is 300 g/mol. The van der Waals surface area contributed by atoms with Crippen LogP contribution in [0.25, 0.3) is 0 Å². The van der Waals surface area contributed by atoms with E-state index in [1.54, 1.807) is 12.1 Å². The molecule has 0 bridgehead atoms. The molecule has 0 atom stereocenters. The molecule has 0 N–H and O–H groups in total. The molecule has 1 aromatic rings. The maximum Gasteiger partial charge on any atom is 0.243 e. The second-order valence-corrected chi connectivity index (χ2v) is 8.11. The van der Waals surface area contributed by atoms with Gasteiger partial charge in [0.25, 0.3) is 0 Å². The molecule has 1 heterocycles. The molecule has 1 saturated carbocycles. The van der Waals surface area contributed by atoms with Crippen LogP contribution in [0.1, 0.15) is 24.8 Å². The summed E-state index contributed by atoms with van der Waals surface area (Å²) in [7, 11) is -3.44. The lowest BCUT2D eigenvalue weighted by molar-refractivity contribution is -0.139. The Labute approximate surface area is 132 Å². The van der Waals surface area contributed by atoms with Crippen LogP contribution in [0, 0.1) is 12.8 Å². The van der Waals surface area contributed by atoms with E-state index in [2.05, 4.69) is 0 Å². The number of amides is 1. The number of piperazine rings is 1. The second kappa shape index (κ2) is 6.01. The molecular formula is C16H22N2O3S. The van der Waals surface area contributed by atoms with E-state index in [0.717, 1.165) is 24.8 Å². The summed E-state index contributed by atoms with van der Waals surface area (Å²) < 4.78 is 26.7. The Morgan fingerprint density at radius 3 is 2.14 bits per heavy atom. The highest BCUT2D eigenvalue weighted by molar-refractivity contribution is 7.89. The van der Waals surface area contributed by atoms with Crippen molar-refractivity contribution < 1.29 is 13.2 Å². The molecule has 120 valence electrons. The first-order valence-corrected chi connectivity index (χ1v) is 9.28. The largest absolute Gasteiger partial charge is 0.340 e. The van der Waals surface area contributed by atoms with Gasteiger partial charge >= 0.3 is 0 Å². The van der Waals surface area contributed by atoms with Gasteiger partial charge in [0.15, 0.2) is 0 Å². The van der Waals surface area contributed by atoms with Crippen LogP contribution in [-0.2, 0) is 14.8 Å². The number of aryl methyl sites for hydroxylation is 1. The van der Waals surface area contributed by atoms with Crippen LogP contribution in [0.4, 0.5) is 0 Å². The molecule has 2 aliphatic rings. The number of sulfonamides is 1. The van der Waals surface area contributed by atoms with Crippen molar-refractivity contribution in [2.45, 2.75) is 31.1 Å². The average Bonchev–Trinajstić information content (AvgIpc) is 2.46. The molecule has 0 unspecified atom stereocenters. The zero-order valence-electron chi connectivity index (χ0n) is 12.9. The zero-order chi connectivity index (χ0) is 15.7. The van der Waals surface area contributed by atoms with Crippen molar-refractivity contribution in [3.05, 3.63) is 29.8 Å². The Balaban J connectivity index is 1.65. The molecule has 0 spiro atoms. The number of rotatable bonds is 3. The van der Waals surface area contributed by atoms with Crippen molar-refractivity contribution in [2.24, 2.45) is 5.92 Å². The summed E-state index contributed by atoms with van der Waals surface area (Å²) in [5.41, 5.74) is 1.04. The van der Waals surface area contributed by atoms with E-state index in [4.69, 9.17) is 0 Å². The van der Waals surface area contributed by atoms with Gasteiger partial charge in [0.2, 0.25) is 15.9 Å². The Bertz CT molecular complexity index is 642. The van der Waals surface area contributed by atoms with Crippen molar-refractivity contribution in [2.75, 3.05) is 26.2 Å². The van der Waals surface area contributed by atoms with Gasteiger partial charge in [-0.15, -0.1) is 0 Å². The van der Waals surface area contributed by atoms with Crippen molar-refractivity contribution >= 4 is 15.9 Å². The molecule has 3 rings (SSSR count). The van der Waals surface area contributed by atoms with Crippen LogP contribution in [0.3, 0.4) is 0 Å². The highest BCUT2D eigenvalue weighted by atomic mass is 32.2. The Hall–Kier alpha value is -1.40. The number of carbonyl (C=O) groups excluding carboxylic acids is 1. The number of hydrogen-bond acceptors (Lipinski definition) is 3. The van der Waals surface area contributed by atoms with Crippen LogP contribution >= 0.6 is 0 Å². The monoisotopic (exact) mass is 322 g/mol. The third kappa shape index (κ3) is 2.90. The topological polar surface area (TPSA) is 57.7 Å². The van der Waals surface area contributed by atoms with Gasteiger partial charge in [0.05, 0.1) is 4.90 Å². The fourth-order valence-corrected chi connectivity index (χ4v) is 4.34. The fraction of sp³-hybridized carbons (Fsp3) is 0.562. The molecule has 1 aliphatic heterocycles. The molecule has 0 radical (unpaired) electrons. The SMILES string of the molecule is Cc1ccc(S(=O)(=O)N2CCN(C(=O)C3CCC3)CC2)cc1. The lowest BCUT2D eigenvalue weighted by atomic mass is 9.84. The summed E-state index contributed by atoms with van der Waals surface area (Å²) in [6, 6.07) is 6.92. The minimum absolute atomic E-state index is 0.181. The lowest BCUT2D eigenvalue weighted by Gasteiger charge is -2.37. The van der Waals surface area contributed by atoms with Crippen molar-refractivity contribution in [3.8, 4) is 0 Å². The van der Waals surface area contributed by atoms with E-state index in [0.29, 0.717) is 31.1 Å². The van der Waals surface area contributed by atoms with E-state index in [1.807, 2.05) is 24.0 Å². The summed E-state index contributed by atoms with van der Waals surface area (Å²) in [5, 5.41) is 0. The van der Waals surface area contributed by atoms with Crippen LogP contribution in [0.5, 0.6) is 0 Å². The molecule has 6 heteroatoms. The molecule has 1 amide bonds. The molecule has 1 aromatic carbocycles. The third-order valence-corrected chi connectivity index (χ3v) is 6.58. The number of carbonyl (C=O) groups is 1. The fourth-order valence-electron chi connectivity index (χ4n) is 2.92. The predicted molar refractivity (Wildman–Crippen MR) is 83.9 cm³/mol. The minimum Gasteiger partial charge on any atom is -0.340 e. The van der Waals surface area contributed by atoms with Crippen molar-refractivity contribution in [1.29, 1.82) is 0 Å². The summed E-state index contributed by atoms with van der Waals surface area (Å²) in [5.74, 6) is 0.388. The molecule has 5 nitrogen and oxygen atoms in total. The Kier molecular flexibility index (Phi) is 4.23. The number of benzene rings is 1. The first-order valence-electron chi connectivity index (χ1n) is 7.84. The van der Waals surface area contributed by atoms with Crippen LogP contribution < -0.4 is 0 Å². The standard InChI is InChI=1S/C16H22N2O3S/c1-13-5-7-15(8-6-13)22(20,21)18-11-9-17(10-12-18)16(19)14-3-2-4-14/h5-8,14H,2-4,9-12H2,1H3. The predicted octanol–water partition coefficient (Wildman–Crippen LogP) is 1.63. The molecule has 22 heavy (non-hydrogen) atoms. The summed E-state index contributed by atoms with van der Waals surface area (Å²) in [6.07, 6.45) is 3.11. The quantitative estimate of drug-likeness (QED) is 0.850. The first-order chi connectivity index (χ1) is 10.5.